The second kappa shape index (κ2) is 6.52. The summed E-state index contributed by atoms with van der Waals surface area (Å²) < 4.78 is 19.9. The summed E-state index contributed by atoms with van der Waals surface area (Å²) in [5, 5.41) is 3.37. The maximum atomic E-state index is 13.3. The third kappa shape index (κ3) is 3.58. The summed E-state index contributed by atoms with van der Waals surface area (Å²) in [6.07, 6.45) is 2.82. The van der Waals surface area contributed by atoms with Crippen LogP contribution in [0.3, 0.4) is 0 Å². The Hall–Kier alpha value is -0.490. The molecule has 2 atom stereocenters. The fourth-order valence-electron chi connectivity index (χ4n) is 3.10. The van der Waals surface area contributed by atoms with Crippen molar-refractivity contribution in [2.75, 3.05) is 26.2 Å². The number of morpholine rings is 1. The van der Waals surface area contributed by atoms with E-state index in [4.69, 9.17) is 4.74 Å². The van der Waals surface area contributed by atoms with Crippen molar-refractivity contribution >= 4 is 15.9 Å². The quantitative estimate of drug-likeness (QED) is 0.909. The molecule has 3 rings (SSSR count). The zero-order valence-corrected chi connectivity index (χ0v) is 13.0. The van der Waals surface area contributed by atoms with E-state index in [0.717, 1.165) is 29.7 Å². The van der Waals surface area contributed by atoms with Crippen LogP contribution >= 0.6 is 15.9 Å². The number of benzene rings is 1. The Morgan fingerprint density at radius 1 is 1.40 bits per heavy atom. The van der Waals surface area contributed by atoms with Crippen LogP contribution in [0, 0.1) is 5.82 Å². The molecule has 0 amide bonds. The van der Waals surface area contributed by atoms with Crippen molar-refractivity contribution in [1.82, 2.24) is 10.2 Å². The van der Waals surface area contributed by atoms with E-state index in [1.54, 1.807) is 6.07 Å². The normalized spacial score (nSPS) is 26.7. The zero-order chi connectivity index (χ0) is 13.9. The van der Waals surface area contributed by atoms with Crippen LogP contribution in [0.4, 0.5) is 4.39 Å². The first-order chi connectivity index (χ1) is 9.70. The maximum Gasteiger partial charge on any atom is 0.124 e. The molecule has 3 nitrogen and oxygen atoms in total. The molecule has 1 aromatic carbocycles. The highest BCUT2D eigenvalue weighted by atomic mass is 79.9. The van der Waals surface area contributed by atoms with E-state index >= 15 is 0 Å². The first-order valence-corrected chi connectivity index (χ1v) is 8.01. The molecule has 2 aliphatic rings. The second-order valence-corrected chi connectivity index (χ2v) is 6.57. The lowest BCUT2D eigenvalue weighted by atomic mass is 10.2. The Morgan fingerprint density at radius 3 is 3.15 bits per heavy atom. The van der Waals surface area contributed by atoms with Crippen molar-refractivity contribution in [3.63, 3.8) is 0 Å². The monoisotopic (exact) mass is 342 g/mol. The minimum Gasteiger partial charge on any atom is -0.374 e. The van der Waals surface area contributed by atoms with Crippen LogP contribution in [0.25, 0.3) is 0 Å². The van der Waals surface area contributed by atoms with E-state index in [-0.39, 0.29) is 11.9 Å². The largest absolute Gasteiger partial charge is 0.374 e. The van der Waals surface area contributed by atoms with Gasteiger partial charge in [-0.1, -0.05) is 15.9 Å². The standard InChI is InChI=1S/C15H20BrFN2O/c16-12-4-11(5-13(17)6-12)7-18-8-15-9-19-3-1-2-14(19)10-20-15/h4-6,14-15,18H,1-3,7-10H2. The highest BCUT2D eigenvalue weighted by molar-refractivity contribution is 9.10. The molecule has 0 bridgehead atoms. The van der Waals surface area contributed by atoms with Crippen LogP contribution < -0.4 is 5.32 Å². The maximum absolute atomic E-state index is 13.3. The summed E-state index contributed by atoms with van der Waals surface area (Å²) in [7, 11) is 0. The van der Waals surface area contributed by atoms with Gasteiger partial charge in [-0.15, -0.1) is 0 Å². The van der Waals surface area contributed by atoms with E-state index in [2.05, 4.69) is 26.1 Å². The second-order valence-electron chi connectivity index (χ2n) is 5.65. The van der Waals surface area contributed by atoms with Crippen molar-refractivity contribution in [3.05, 3.63) is 34.1 Å². The molecule has 110 valence electrons. The summed E-state index contributed by atoms with van der Waals surface area (Å²) in [6, 6.07) is 5.62. The van der Waals surface area contributed by atoms with Gasteiger partial charge in [0, 0.05) is 30.1 Å². The van der Waals surface area contributed by atoms with Crippen LogP contribution in [0.5, 0.6) is 0 Å². The van der Waals surface area contributed by atoms with E-state index in [1.807, 2.05) is 6.07 Å². The number of nitrogens with zero attached hydrogens (tertiary/aromatic N) is 1. The first-order valence-electron chi connectivity index (χ1n) is 7.22. The minimum atomic E-state index is -0.204. The van der Waals surface area contributed by atoms with Crippen molar-refractivity contribution in [2.45, 2.75) is 31.5 Å². The van der Waals surface area contributed by atoms with Gasteiger partial charge in [0.1, 0.15) is 5.82 Å². The van der Waals surface area contributed by atoms with Crippen molar-refractivity contribution < 1.29 is 9.13 Å². The van der Waals surface area contributed by atoms with Crippen LogP contribution in [-0.4, -0.2) is 43.3 Å². The van der Waals surface area contributed by atoms with Crippen LogP contribution in [0.2, 0.25) is 0 Å². The highest BCUT2D eigenvalue weighted by Gasteiger charge is 2.31. The average Bonchev–Trinajstić information content (AvgIpc) is 2.85. The van der Waals surface area contributed by atoms with Gasteiger partial charge in [0.25, 0.3) is 0 Å². The lowest BCUT2D eigenvalue weighted by molar-refractivity contribution is -0.0470. The Morgan fingerprint density at radius 2 is 2.30 bits per heavy atom. The van der Waals surface area contributed by atoms with Gasteiger partial charge in [-0.2, -0.15) is 0 Å². The molecule has 0 saturated carbocycles. The number of halogens is 2. The van der Waals surface area contributed by atoms with E-state index in [0.29, 0.717) is 12.6 Å². The van der Waals surface area contributed by atoms with Crippen molar-refractivity contribution in [2.24, 2.45) is 0 Å². The molecule has 2 saturated heterocycles. The summed E-state index contributed by atoms with van der Waals surface area (Å²) in [5.41, 5.74) is 0.951. The summed E-state index contributed by atoms with van der Waals surface area (Å²) in [5.74, 6) is -0.204. The number of nitrogens with one attached hydrogen (secondary N) is 1. The summed E-state index contributed by atoms with van der Waals surface area (Å²) in [6.45, 7) is 4.57. The van der Waals surface area contributed by atoms with Crippen LogP contribution in [0.1, 0.15) is 18.4 Å². The molecule has 2 fully saturated rings. The summed E-state index contributed by atoms with van der Waals surface area (Å²) in [4.78, 5) is 2.54. The molecule has 5 heteroatoms. The van der Waals surface area contributed by atoms with Gasteiger partial charge in [0.15, 0.2) is 0 Å². The number of fused-ring (bicyclic) bond motifs is 1. The number of hydrogen-bond donors (Lipinski definition) is 1. The Balaban J connectivity index is 1.45. The Bertz CT molecular complexity index is 451. The van der Waals surface area contributed by atoms with Gasteiger partial charge < -0.3 is 10.1 Å². The Labute approximate surface area is 127 Å². The first kappa shape index (κ1) is 14.4. The van der Waals surface area contributed by atoms with Crippen LogP contribution in [-0.2, 0) is 11.3 Å². The topological polar surface area (TPSA) is 24.5 Å². The van der Waals surface area contributed by atoms with Crippen LogP contribution in [0.15, 0.2) is 22.7 Å². The van der Waals surface area contributed by atoms with E-state index < -0.39 is 0 Å². The third-order valence-electron chi connectivity index (χ3n) is 4.09. The van der Waals surface area contributed by atoms with Gasteiger partial charge in [-0.25, -0.2) is 4.39 Å². The molecule has 20 heavy (non-hydrogen) atoms. The smallest absolute Gasteiger partial charge is 0.124 e. The third-order valence-corrected chi connectivity index (χ3v) is 4.54. The van der Waals surface area contributed by atoms with E-state index in [9.17, 15) is 4.39 Å². The molecular weight excluding hydrogens is 323 g/mol. The molecule has 2 aliphatic heterocycles. The average molecular weight is 343 g/mol. The van der Waals surface area contributed by atoms with Crippen molar-refractivity contribution in [3.8, 4) is 0 Å². The van der Waals surface area contributed by atoms with Gasteiger partial charge in [-0.05, 0) is 43.1 Å². The molecular formula is C15H20BrFN2O. The number of hydrogen-bond acceptors (Lipinski definition) is 3. The molecule has 1 aromatic rings. The minimum absolute atomic E-state index is 0.204. The number of ether oxygens (including phenoxy) is 1. The fraction of sp³-hybridized carbons (Fsp3) is 0.600. The highest BCUT2D eigenvalue weighted by Crippen LogP contribution is 2.22. The molecule has 0 radical (unpaired) electrons. The van der Waals surface area contributed by atoms with Crippen molar-refractivity contribution in [1.29, 1.82) is 0 Å². The van der Waals surface area contributed by atoms with Gasteiger partial charge in [-0.3, -0.25) is 4.90 Å². The number of rotatable bonds is 4. The predicted octanol–water partition coefficient (Wildman–Crippen LogP) is 2.54. The SMILES string of the molecule is Fc1cc(Br)cc(CNCC2CN3CCCC3CO2)c1. The predicted molar refractivity (Wildman–Crippen MR) is 80.1 cm³/mol. The van der Waals surface area contributed by atoms with Gasteiger partial charge in [0.05, 0.1) is 12.7 Å². The zero-order valence-electron chi connectivity index (χ0n) is 11.4. The van der Waals surface area contributed by atoms with Gasteiger partial charge >= 0.3 is 0 Å². The molecule has 2 unspecified atom stereocenters. The fourth-order valence-corrected chi connectivity index (χ4v) is 3.61. The lowest BCUT2D eigenvalue weighted by Crippen LogP contribution is -2.49. The lowest BCUT2D eigenvalue weighted by Gasteiger charge is -2.35. The molecule has 0 aromatic heterocycles. The summed E-state index contributed by atoms with van der Waals surface area (Å²) >= 11 is 3.31. The van der Waals surface area contributed by atoms with E-state index in [1.165, 1.54) is 25.5 Å². The van der Waals surface area contributed by atoms with Gasteiger partial charge in [0.2, 0.25) is 0 Å². The molecule has 0 aliphatic carbocycles. The molecule has 0 spiro atoms. The molecule has 2 heterocycles. The molecule has 1 N–H and O–H groups in total. The Kier molecular flexibility index (Phi) is 4.71.